The summed E-state index contributed by atoms with van der Waals surface area (Å²) < 4.78 is 2.87. The van der Waals surface area contributed by atoms with E-state index < -0.39 is 4.92 Å². The van der Waals surface area contributed by atoms with Crippen molar-refractivity contribution in [1.82, 2.24) is 34.3 Å². The molecule has 0 aliphatic carbocycles. The van der Waals surface area contributed by atoms with Crippen molar-refractivity contribution in [1.29, 1.82) is 0 Å². The van der Waals surface area contributed by atoms with Crippen LogP contribution in [0.1, 0.15) is 0 Å². The van der Waals surface area contributed by atoms with Crippen molar-refractivity contribution in [2.45, 2.75) is 0 Å². The van der Waals surface area contributed by atoms with E-state index in [0.29, 0.717) is 23.1 Å². The molecule has 3 heterocycles. The van der Waals surface area contributed by atoms with Crippen molar-refractivity contribution in [3.63, 3.8) is 0 Å². The topological polar surface area (TPSA) is 119 Å². The van der Waals surface area contributed by atoms with Crippen molar-refractivity contribution in [2.24, 2.45) is 7.05 Å². The van der Waals surface area contributed by atoms with Gasteiger partial charge in [0.2, 0.25) is 5.82 Å². The Hall–Kier alpha value is -3.08. The van der Waals surface area contributed by atoms with Crippen LogP contribution in [-0.4, -0.2) is 66.4 Å². The van der Waals surface area contributed by atoms with Gasteiger partial charge in [-0.1, -0.05) is 0 Å². The van der Waals surface area contributed by atoms with Gasteiger partial charge >= 0.3 is 5.82 Å². The molecular weight excluding hydrogens is 314 g/mol. The molecule has 0 fully saturated rings. The summed E-state index contributed by atoms with van der Waals surface area (Å²) in [6.07, 6.45) is 1.19. The Balaban J connectivity index is 1.95. The lowest BCUT2D eigenvalue weighted by atomic mass is 10.4. The quantitative estimate of drug-likeness (QED) is 0.509. The lowest BCUT2D eigenvalue weighted by molar-refractivity contribution is -0.391. The van der Waals surface area contributed by atoms with Gasteiger partial charge in [0, 0.05) is 13.1 Å². The van der Waals surface area contributed by atoms with Gasteiger partial charge < -0.3 is 20.3 Å². The van der Waals surface area contributed by atoms with Crippen LogP contribution in [-0.2, 0) is 7.05 Å². The first-order valence-corrected chi connectivity index (χ1v) is 7.25. The maximum Gasteiger partial charge on any atom is 0.343 e. The number of fused-ring (bicyclic) bond motifs is 1. The molecule has 3 rings (SSSR count). The Morgan fingerprint density at radius 2 is 2.08 bits per heavy atom. The number of nitro groups is 1. The molecule has 1 N–H and O–H groups in total. The summed E-state index contributed by atoms with van der Waals surface area (Å²) in [6, 6.07) is 3.59. The molecule has 126 valence electrons. The molecule has 0 aliphatic heterocycles. The molecule has 0 amide bonds. The molecule has 0 atom stereocenters. The molecule has 0 radical (unpaired) electrons. The lowest BCUT2D eigenvalue weighted by Crippen LogP contribution is -2.21. The molecule has 3 aromatic rings. The highest BCUT2D eigenvalue weighted by Crippen LogP contribution is 2.21. The van der Waals surface area contributed by atoms with E-state index >= 15 is 0 Å². The van der Waals surface area contributed by atoms with E-state index in [1.807, 2.05) is 20.2 Å². The van der Waals surface area contributed by atoms with Crippen molar-refractivity contribution in [3.8, 4) is 11.6 Å². The fraction of sp³-hybridized carbons (Fsp3) is 0.385. The maximum absolute atomic E-state index is 11.0. The molecular formula is C13H17N9O2. The van der Waals surface area contributed by atoms with Crippen molar-refractivity contribution < 1.29 is 4.92 Å². The minimum atomic E-state index is -0.499. The molecule has 11 nitrogen and oxygen atoms in total. The predicted molar refractivity (Wildman–Crippen MR) is 86.7 cm³/mol. The first-order valence-electron chi connectivity index (χ1n) is 7.25. The number of nitrogens with one attached hydrogen (secondary N) is 1. The fourth-order valence-electron chi connectivity index (χ4n) is 2.21. The van der Waals surface area contributed by atoms with Gasteiger partial charge in [-0.15, -0.1) is 15.3 Å². The van der Waals surface area contributed by atoms with E-state index in [-0.39, 0.29) is 5.82 Å². The molecule has 0 unspecified atom stereocenters. The number of hydrogen-bond acceptors (Lipinski definition) is 8. The van der Waals surface area contributed by atoms with Gasteiger partial charge in [0.1, 0.15) is 12.0 Å². The molecule has 0 saturated heterocycles. The minimum Gasteiger partial charge on any atom is -0.367 e. The lowest BCUT2D eigenvalue weighted by Gasteiger charge is -2.10. The molecule has 24 heavy (non-hydrogen) atoms. The van der Waals surface area contributed by atoms with Gasteiger partial charge in [0.25, 0.3) is 5.82 Å². The third-order valence-corrected chi connectivity index (χ3v) is 3.48. The number of likely N-dealkylation sites (N-methyl/N-ethyl adjacent to an activating group) is 1. The van der Waals surface area contributed by atoms with Gasteiger partial charge in [-0.05, 0) is 31.2 Å². The summed E-state index contributed by atoms with van der Waals surface area (Å²) in [5.74, 6) is 1.21. The number of rotatable bonds is 6. The number of anilines is 1. The van der Waals surface area contributed by atoms with Crippen LogP contribution >= 0.6 is 0 Å². The van der Waals surface area contributed by atoms with Crippen molar-refractivity contribution in [2.75, 3.05) is 32.5 Å². The van der Waals surface area contributed by atoms with Crippen molar-refractivity contribution >= 4 is 17.3 Å². The highest BCUT2D eigenvalue weighted by atomic mass is 16.6. The Morgan fingerprint density at radius 3 is 2.75 bits per heavy atom. The maximum atomic E-state index is 11.0. The SMILES string of the molecule is CN(C)CCNc1ccc2nnc(-c3ncc([N+](=O)[O-])n3C)n2n1. The highest BCUT2D eigenvalue weighted by molar-refractivity contribution is 5.54. The summed E-state index contributed by atoms with van der Waals surface area (Å²) in [5, 5.41) is 26.7. The monoisotopic (exact) mass is 331 g/mol. The summed E-state index contributed by atoms with van der Waals surface area (Å²) in [6.45, 7) is 1.59. The van der Waals surface area contributed by atoms with Gasteiger partial charge in [0.05, 0.1) is 7.05 Å². The highest BCUT2D eigenvalue weighted by Gasteiger charge is 2.23. The number of imidazole rings is 1. The van der Waals surface area contributed by atoms with E-state index in [2.05, 4.69) is 30.5 Å². The van der Waals surface area contributed by atoms with Crippen LogP contribution in [0, 0.1) is 10.1 Å². The average Bonchev–Trinajstić information content (AvgIpc) is 3.09. The van der Waals surface area contributed by atoms with Crippen LogP contribution in [0.25, 0.3) is 17.3 Å². The largest absolute Gasteiger partial charge is 0.367 e. The Morgan fingerprint density at radius 1 is 1.29 bits per heavy atom. The van der Waals surface area contributed by atoms with Crippen molar-refractivity contribution in [3.05, 3.63) is 28.4 Å². The second-order valence-electron chi connectivity index (χ2n) is 5.50. The normalized spacial score (nSPS) is 11.3. The third kappa shape index (κ3) is 2.88. The zero-order chi connectivity index (χ0) is 17.3. The van der Waals surface area contributed by atoms with Crippen LogP contribution in [0.15, 0.2) is 18.3 Å². The third-order valence-electron chi connectivity index (χ3n) is 3.48. The van der Waals surface area contributed by atoms with E-state index in [1.165, 1.54) is 15.3 Å². The van der Waals surface area contributed by atoms with Gasteiger partial charge in [-0.2, -0.15) is 4.52 Å². The van der Waals surface area contributed by atoms with Crippen LogP contribution in [0.5, 0.6) is 0 Å². The molecule has 0 bridgehead atoms. The van der Waals surface area contributed by atoms with E-state index in [4.69, 9.17) is 0 Å². The van der Waals surface area contributed by atoms with Gasteiger partial charge in [0.15, 0.2) is 5.65 Å². The number of aromatic nitrogens is 6. The van der Waals surface area contributed by atoms with Gasteiger partial charge in [-0.25, -0.2) is 9.55 Å². The summed E-state index contributed by atoms with van der Waals surface area (Å²) in [4.78, 5) is 16.6. The Bertz CT molecular complexity index is 883. The van der Waals surface area contributed by atoms with Crippen LogP contribution in [0.2, 0.25) is 0 Å². The molecule has 11 heteroatoms. The molecule has 0 aromatic carbocycles. The summed E-state index contributed by atoms with van der Waals surface area (Å²) in [7, 11) is 5.54. The van der Waals surface area contributed by atoms with Gasteiger partial charge in [-0.3, -0.25) is 0 Å². The number of hydrogen-bond donors (Lipinski definition) is 1. The fourth-order valence-corrected chi connectivity index (χ4v) is 2.21. The average molecular weight is 331 g/mol. The summed E-state index contributed by atoms with van der Waals surface area (Å²) in [5.41, 5.74) is 0.536. The standard InChI is InChI=1S/C13H17N9O2/c1-19(2)7-6-14-9-4-5-10-16-17-13(21(10)18-9)12-15-8-11(20(12)3)22(23)24/h4-5,8H,6-7H2,1-3H3,(H,14,18). The van der Waals surface area contributed by atoms with E-state index in [1.54, 1.807) is 13.1 Å². The van der Waals surface area contributed by atoms with E-state index in [9.17, 15) is 10.1 Å². The zero-order valence-corrected chi connectivity index (χ0v) is 13.5. The second-order valence-corrected chi connectivity index (χ2v) is 5.50. The second kappa shape index (κ2) is 6.20. The molecule has 3 aromatic heterocycles. The van der Waals surface area contributed by atoms with Crippen LogP contribution < -0.4 is 5.32 Å². The molecule has 0 aliphatic rings. The zero-order valence-electron chi connectivity index (χ0n) is 13.5. The van der Waals surface area contributed by atoms with Crippen LogP contribution in [0.4, 0.5) is 11.6 Å². The molecule has 0 saturated carbocycles. The Labute approximate surface area is 137 Å². The smallest absolute Gasteiger partial charge is 0.343 e. The molecule has 0 spiro atoms. The Kier molecular flexibility index (Phi) is 4.08. The first kappa shape index (κ1) is 15.8. The first-order chi connectivity index (χ1) is 11.5. The van der Waals surface area contributed by atoms with Crippen LogP contribution in [0.3, 0.4) is 0 Å². The number of nitrogens with zero attached hydrogens (tertiary/aromatic N) is 8. The van der Waals surface area contributed by atoms with E-state index in [0.717, 1.165) is 13.1 Å². The predicted octanol–water partition coefficient (Wildman–Crippen LogP) is 0.406. The minimum absolute atomic E-state index is 0.123. The summed E-state index contributed by atoms with van der Waals surface area (Å²) >= 11 is 0.